The lowest BCUT2D eigenvalue weighted by molar-refractivity contribution is -0.161. The van der Waals surface area contributed by atoms with E-state index in [1.807, 2.05) is 41.8 Å². The van der Waals surface area contributed by atoms with Gasteiger partial charge in [0, 0.05) is 184 Å². The topological polar surface area (TPSA) is 275 Å². The molecule has 24 nitrogen and oxygen atoms in total. The number of rotatable bonds is 9. The number of hydrogen-bond donors (Lipinski definition) is 5. The number of nitrogens with one attached hydrogen (secondary N) is 4. The Morgan fingerprint density at radius 2 is 0.578 bits per heavy atom. The molecule has 9 heterocycles. The summed E-state index contributed by atoms with van der Waals surface area (Å²) in [6.07, 6.45) is -1.90. The van der Waals surface area contributed by atoms with Gasteiger partial charge >= 0.3 is 41.8 Å². The van der Waals surface area contributed by atoms with Gasteiger partial charge in [-0.1, -0.05) is 0 Å². The lowest BCUT2D eigenvalue weighted by Crippen LogP contribution is -2.78. The van der Waals surface area contributed by atoms with Crippen LogP contribution >= 0.6 is 0 Å². The second kappa shape index (κ2) is 30.1. The number of benzene rings is 2. The first-order chi connectivity index (χ1) is 52.6. The van der Waals surface area contributed by atoms with E-state index in [2.05, 4.69) is 221 Å². The lowest BCUT2D eigenvalue weighted by Gasteiger charge is -2.64. The van der Waals surface area contributed by atoms with E-state index in [0.717, 1.165) is 0 Å². The number of likely N-dealkylation sites (N-methyl/N-ethyl adjacent to an activating group) is 2. The van der Waals surface area contributed by atoms with Crippen molar-refractivity contribution in [2.75, 3.05) is 28.2 Å². The molecule has 0 saturated carbocycles. The minimum Gasteiger partial charge on any atom is -0.459 e. The number of likely N-dealkylation sites (tertiary alicyclic amines) is 4. The SMILES string of the molecule is CN1C(C)(C)CC(OC(=O)c2cc3c(cc2C(=O)OC2CC(C)(C)N(C)C(C)(C)C2)C(=O)OC2CC(C)(C)N(C)C(C)(C2)C2(C)CC(CC(C)(C)N2)OC(=O)c2cc(C(O)OC4CC(C)(C)NC(C)(C)C4)c(C(=O)OC4CC(C)(C)NC(C)(C)C4)cc2C(=O)OC2CC(C)(C)NC(C)(C2)C2(C)CC(CC(C)(C)N2C)OC3=O)CC1(C)C. The van der Waals surface area contributed by atoms with Crippen molar-refractivity contribution in [1.29, 1.82) is 0 Å². The number of aliphatic hydroxyl groups is 1. The van der Waals surface area contributed by atoms with E-state index in [1.165, 1.54) is 24.3 Å². The summed E-state index contributed by atoms with van der Waals surface area (Å²) in [5, 5.41) is 28.2. The summed E-state index contributed by atoms with van der Waals surface area (Å²) in [7, 11) is 8.18. The predicted molar refractivity (Wildman–Crippen MR) is 447 cm³/mol. The van der Waals surface area contributed by atoms with Crippen LogP contribution in [0.25, 0.3) is 0 Å². The molecule has 9 atom stereocenters. The van der Waals surface area contributed by atoms with E-state index in [1.54, 1.807) is 0 Å². The van der Waals surface area contributed by atoms with Crippen LogP contribution in [0.15, 0.2) is 24.3 Å². The number of hydrogen-bond acceptors (Lipinski definition) is 24. The van der Waals surface area contributed by atoms with Gasteiger partial charge in [0.25, 0.3) is 0 Å². The number of carbonyl (C=O) groups excluding carboxylic acids is 7. The number of carbonyl (C=O) groups is 7. The smallest absolute Gasteiger partial charge is 0.339 e. The summed E-state index contributed by atoms with van der Waals surface area (Å²) in [4.78, 5) is 120. The van der Waals surface area contributed by atoms with Gasteiger partial charge in [0.15, 0.2) is 6.29 Å². The maximum atomic E-state index is 16.2. The van der Waals surface area contributed by atoms with Crippen LogP contribution in [-0.4, -0.2) is 232 Å². The fourth-order valence-corrected chi connectivity index (χ4v) is 23.9. The van der Waals surface area contributed by atoms with Gasteiger partial charge in [0.1, 0.15) is 42.7 Å². The number of aliphatic hydroxyl groups excluding tert-OH is 1. The fraction of sp³-hybridized carbons (Fsp3) is 0.793. The average Bonchev–Trinajstić information content (AvgIpc) is 0.719. The monoisotopic (exact) mass is 1620 g/mol. The van der Waals surface area contributed by atoms with Crippen molar-refractivity contribution in [3.63, 3.8) is 0 Å². The second-order valence-corrected chi connectivity index (χ2v) is 45.6. The molecule has 8 saturated heterocycles. The molecule has 2 aromatic rings. The van der Waals surface area contributed by atoms with E-state index in [9.17, 15) is 5.11 Å². The van der Waals surface area contributed by atoms with E-state index < -0.39 is 186 Å². The number of ether oxygens (including phenoxy) is 8. The molecule has 9 aliphatic rings. The number of nitrogens with zero attached hydrogens (tertiary/aromatic N) is 4. The highest BCUT2D eigenvalue weighted by Crippen LogP contribution is 2.53. The standard InChI is InChI=1S/C92H146N8O16/c1-77(2)37-53(38-78(3,4)93-77)109-69(101)61-33-63-64(34-62(61)70(102)110-54-39-79(5,6)94-80(7,8)40-54)72(104)112-56-42-82(11,12)96-90(26,50-56)92(28)52-60(48-88(23,24)100(92)32)116-76(108)68-36-66(74(106)114-58-45-85(17,18)98(30)86(19,20)46-58)65(73(105)113-57-43-83(13,14)97(29)84(15,16)44-57)35-67(68)75(107)115-59-47-87(21,22)99(31)91(27,51-59)89(25)49-55(111-71(63)103)41-81(9,10)95-89/h33-36,53-60,69,93-96,101H,37-52H2,1-32H3. The van der Waals surface area contributed by atoms with Crippen LogP contribution in [0.2, 0.25) is 0 Å². The van der Waals surface area contributed by atoms with Crippen molar-refractivity contribution < 1.29 is 76.6 Å². The normalized spacial score (nSPS) is 33.7. The number of esters is 7. The molecule has 0 amide bonds. The summed E-state index contributed by atoms with van der Waals surface area (Å²) in [6.45, 7) is 58.1. The van der Waals surface area contributed by atoms with Gasteiger partial charge < -0.3 is 64.3 Å². The molecule has 8 bridgehead atoms. The Hall–Kier alpha value is -5.67. The highest BCUT2D eigenvalue weighted by atomic mass is 16.6. The molecule has 24 heteroatoms. The largest absolute Gasteiger partial charge is 0.459 e. The van der Waals surface area contributed by atoms with Crippen LogP contribution in [-0.2, 0) is 37.9 Å². The Bertz CT molecular complexity index is 4110. The summed E-state index contributed by atoms with van der Waals surface area (Å²) in [6, 6.07) is 5.26. The Morgan fingerprint density at radius 3 is 0.897 bits per heavy atom. The lowest BCUT2D eigenvalue weighted by atomic mass is 9.63. The molecule has 9 unspecified atom stereocenters. The van der Waals surface area contributed by atoms with Crippen LogP contribution in [0.4, 0.5) is 0 Å². The molecular formula is C92H146N8O16. The van der Waals surface area contributed by atoms with Crippen molar-refractivity contribution in [2.45, 2.75) is 440 Å². The molecule has 0 spiro atoms. The van der Waals surface area contributed by atoms with Gasteiger partial charge in [-0.05, 0) is 259 Å². The molecule has 11 rings (SSSR count). The molecule has 2 aromatic carbocycles. The van der Waals surface area contributed by atoms with Gasteiger partial charge in [0.2, 0.25) is 0 Å². The second-order valence-electron chi connectivity index (χ2n) is 45.6. The quantitative estimate of drug-likeness (QED) is 0.0886. The predicted octanol–water partition coefficient (Wildman–Crippen LogP) is 14.3. The van der Waals surface area contributed by atoms with Gasteiger partial charge in [-0.15, -0.1) is 0 Å². The fourth-order valence-electron chi connectivity index (χ4n) is 23.9. The molecule has 5 N–H and O–H groups in total. The van der Waals surface area contributed by atoms with Crippen LogP contribution in [0.5, 0.6) is 0 Å². The highest BCUT2D eigenvalue weighted by molar-refractivity contribution is 6.11. The van der Waals surface area contributed by atoms with Gasteiger partial charge in [-0.25, -0.2) is 33.6 Å². The summed E-state index contributed by atoms with van der Waals surface area (Å²) in [5.74, 6) is -6.21. The van der Waals surface area contributed by atoms with Crippen LogP contribution in [0.1, 0.15) is 381 Å². The molecule has 116 heavy (non-hydrogen) atoms. The van der Waals surface area contributed by atoms with Gasteiger partial charge in [-0.2, -0.15) is 0 Å². The molecule has 0 radical (unpaired) electrons. The number of fused-ring (bicyclic) bond motifs is 12. The maximum Gasteiger partial charge on any atom is 0.339 e. The van der Waals surface area contributed by atoms with Crippen LogP contribution < -0.4 is 21.3 Å². The third kappa shape index (κ3) is 18.4. The first-order valence-electron chi connectivity index (χ1n) is 42.9. The Kier molecular flexibility index (Phi) is 23.7. The average molecular weight is 1620 g/mol. The summed E-state index contributed by atoms with van der Waals surface area (Å²) in [5.41, 5.74) is -12.1. The zero-order valence-electron chi connectivity index (χ0n) is 76.7. The Balaban J connectivity index is 1.07. The minimum atomic E-state index is -1.80. The minimum absolute atomic E-state index is 0.0800. The van der Waals surface area contributed by atoms with E-state index in [4.69, 9.17) is 37.9 Å². The van der Waals surface area contributed by atoms with E-state index in [-0.39, 0.29) is 70.2 Å². The van der Waals surface area contributed by atoms with Crippen LogP contribution in [0, 0.1) is 0 Å². The van der Waals surface area contributed by atoms with Crippen molar-refractivity contribution in [1.82, 2.24) is 40.9 Å². The van der Waals surface area contributed by atoms with Gasteiger partial charge in [-0.3, -0.25) is 19.6 Å². The first-order valence-corrected chi connectivity index (χ1v) is 42.9. The number of piperidine rings is 8. The van der Waals surface area contributed by atoms with Gasteiger partial charge in [0.05, 0.1) is 45.0 Å². The van der Waals surface area contributed by atoms with E-state index in [0.29, 0.717) is 77.0 Å². The molecule has 0 aliphatic carbocycles. The molecule has 9 aliphatic heterocycles. The van der Waals surface area contributed by atoms with Crippen molar-refractivity contribution >= 4 is 41.8 Å². The van der Waals surface area contributed by atoms with Crippen LogP contribution in [0.3, 0.4) is 0 Å². The summed E-state index contributed by atoms with van der Waals surface area (Å²) < 4.78 is 54.1. The zero-order valence-corrected chi connectivity index (χ0v) is 76.7. The first kappa shape index (κ1) is 91.1. The van der Waals surface area contributed by atoms with Crippen molar-refractivity contribution in [3.05, 3.63) is 68.8 Å². The molecule has 650 valence electrons. The molecular weight excluding hydrogens is 1470 g/mol. The van der Waals surface area contributed by atoms with E-state index >= 15 is 33.6 Å². The Morgan fingerprint density at radius 1 is 0.328 bits per heavy atom. The zero-order chi connectivity index (χ0) is 86.8. The third-order valence-electron chi connectivity index (χ3n) is 29.6. The Labute approximate surface area is 693 Å². The summed E-state index contributed by atoms with van der Waals surface area (Å²) >= 11 is 0. The van der Waals surface area contributed by atoms with Crippen molar-refractivity contribution in [2.24, 2.45) is 0 Å². The molecule has 8 fully saturated rings. The van der Waals surface area contributed by atoms with Crippen molar-refractivity contribution in [3.8, 4) is 0 Å². The molecule has 0 aromatic heterocycles. The highest BCUT2D eigenvalue weighted by Gasteiger charge is 2.63. The maximum absolute atomic E-state index is 16.2. The third-order valence-corrected chi connectivity index (χ3v) is 29.6.